The van der Waals surface area contributed by atoms with Gasteiger partial charge in [0.1, 0.15) is 27.3 Å². The van der Waals surface area contributed by atoms with Crippen molar-refractivity contribution >= 4 is 81.8 Å². The number of ether oxygens (including phenoxy) is 6. The van der Waals surface area contributed by atoms with Crippen LogP contribution in [0.1, 0.15) is 252 Å². The maximum absolute atomic E-state index is 14.8. The number of ketones is 1. The lowest BCUT2D eigenvalue weighted by Gasteiger charge is -2.41. The minimum atomic E-state index is -0.837. The number of methoxy groups -OCH3 is 4. The molecular formula is C107H165N13O17S2. The Morgan fingerprint density at radius 2 is 0.871 bits per heavy atom. The van der Waals surface area contributed by atoms with E-state index in [1.165, 1.54) is 22.7 Å². The Kier molecular flexibility index (Phi) is 48.6. The van der Waals surface area contributed by atoms with Gasteiger partial charge < -0.3 is 69.5 Å². The molecule has 5 N–H and O–H groups in total. The third-order valence-electron chi connectivity index (χ3n) is 26.7. The number of nitrogens with zero attached hydrogens (tertiary/aromatic N) is 10. The van der Waals surface area contributed by atoms with Gasteiger partial charge in [-0.3, -0.25) is 67.7 Å². The molecule has 6 aromatic rings. The van der Waals surface area contributed by atoms with Gasteiger partial charge in [-0.1, -0.05) is 170 Å². The van der Waals surface area contributed by atoms with Gasteiger partial charge in [0, 0.05) is 117 Å². The summed E-state index contributed by atoms with van der Waals surface area (Å²) < 4.78 is 34.9. The topological polar surface area (TPSA) is 367 Å². The van der Waals surface area contributed by atoms with Crippen LogP contribution < -0.4 is 16.4 Å². The first-order valence-corrected chi connectivity index (χ1v) is 51.2. The zero-order valence-corrected chi connectivity index (χ0v) is 89.7. The molecule has 32 heteroatoms. The Morgan fingerprint density at radius 1 is 0.489 bits per heavy atom. The molecule has 2 saturated heterocycles. The van der Waals surface area contributed by atoms with Crippen molar-refractivity contribution in [1.82, 2.24) is 60.0 Å². The molecule has 772 valence electrons. The molecule has 8 rings (SSSR count). The number of benzene rings is 2. The summed E-state index contributed by atoms with van der Waals surface area (Å²) in [5.41, 5.74) is 10.3. The first-order chi connectivity index (χ1) is 65.5. The predicted molar refractivity (Wildman–Crippen MR) is 545 cm³/mol. The number of carboxylic acids is 1. The van der Waals surface area contributed by atoms with Crippen molar-refractivity contribution in [1.29, 1.82) is 0 Å². The minimum absolute atomic E-state index is 0.00410. The fraction of sp³-hybridized carbons (Fsp3) is 0.645. The summed E-state index contributed by atoms with van der Waals surface area (Å²) in [6.07, 6.45) is 10.6. The molecule has 139 heavy (non-hydrogen) atoms. The number of hydrogen-bond donors (Lipinski definition) is 4. The molecule has 0 spiro atoms. The largest absolute Gasteiger partial charge is 0.480 e. The highest BCUT2D eigenvalue weighted by Crippen LogP contribution is 2.36. The molecule has 2 aliphatic rings. The fourth-order valence-corrected chi connectivity index (χ4v) is 20.6. The van der Waals surface area contributed by atoms with E-state index in [0.717, 1.165) is 64.4 Å². The highest BCUT2D eigenvalue weighted by atomic mass is 32.1. The van der Waals surface area contributed by atoms with Gasteiger partial charge in [0.15, 0.2) is 5.78 Å². The van der Waals surface area contributed by atoms with Crippen molar-refractivity contribution in [3.05, 3.63) is 164 Å². The van der Waals surface area contributed by atoms with E-state index in [4.69, 9.17) is 34.2 Å². The molecule has 2 fully saturated rings. The monoisotopic (exact) mass is 1970 g/mol. The molecule has 0 saturated carbocycles. The van der Waals surface area contributed by atoms with Crippen molar-refractivity contribution in [2.75, 3.05) is 69.7 Å². The average Bonchev–Trinajstić information content (AvgIpc) is 1.72. The summed E-state index contributed by atoms with van der Waals surface area (Å²) in [5.74, 6) is -4.26. The summed E-state index contributed by atoms with van der Waals surface area (Å²) in [5, 5.41) is 21.3. The molecule has 6 heterocycles. The van der Waals surface area contributed by atoms with Crippen LogP contribution in [0.5, 0.6) is 0 Å². The van der Waals surface area contributed by atoms with E-state index < -0.39 is 83.5 Å². The van der Waals surface area contributed by atoms with Gasteiger partial charge in [-0.2, -0.15) is 0 Å². The molecule has 30 nitrogen and oxygen atoms in total. The van der Waals surface area contributed by atoms with Crippen molar-refractivity contribution in [3.63, 3.8) is 0 Å². The normalized spacial score (nSPS) is 17.6. The van der Waals surface area contributed by atoms with Gasteiger partial charge in [0.05, 0.1) is 122 Å². The Morgan fingerprint density at radius 3 is 1.19 bits per heavy atom. The first-order valence-electron chi connectivity index (χ1n) is 49.5. The molecule has 4 aromatic heterocycles. The van der Waals surface area contributed by atoms with E-state index in [1.807, 2.05) is 228 Å². The van der Waals surface area contributed by atoms with Crippen LogP contribution in [-0.2, 0) is 115 Å². The second-order valence-electron chi connectivity index (χ2n) is 41.1. The molecule has 2 aliphatic heterocycles. The van der Waals surface area contributed by atoms with Gasteiger partial charge >= 0.3 is 17.9 Å². The summed E-state index contributed by atoms with van der Waals surface area (Å²) in [7, 11) is 13.6. The number of aliphatic carboxylic acids is 1. The number of carbonyl (C=O) groups excluding carboxylic acids is 9. The van der Waals surface area contributed by atoms with E-state index in [0.29, 0.717) is 56.8 Å². The number of hydrogen-bond acceptors (Lipinski definition) is 25. The Balaban J connectivity index is 0.000000361. The van der Waals surface area contributed by atoms with Crippen molar-refractivity contribution in [2.24, 2.45) is 59.0 Å². The number of pyridine rings is 2. The summed E-state index contributed by atoms with van der Waals surface area (Å²) >= 11 is 3.01. The molecule has 2 aromatic carbocycles. The van der Waals surface area contributed by atoms with Gasteiger partial charge in [0.2, 0.25) is 35.4 Å². The highest BCUT2D eigenvalue weighted by Gasteiger charge is 2.47. The maximum atomic E-state index is 14.8. The molecule has 0 radical (unpaired) electrons. The van der Waals surface area contributed by atoms with Gasteiger partial charge in [-0.25, -0.2) is 9.97 Å². The number of likely N-dealkylation sites (tertiary alicyclic amines) is 2. The fourth-order valence-electron chi connectivity index (χ4n) is 19.2. The van der Waals surface area contributed by atoms with Crippen LogP contribution in [-0.4, -0.2) is 261 Å². The van der Waals surface area contributed by atoms with Crippen LogP contribution in [0.2, 0.25) is 0 Å². The predicted octanol–water partition coefficient (Wildman–Crippen LogP) is 15.1. The average molecular weight is 1970 g/mol. The van der Waals surface area contributed by atoms with Crippen LogP contribution >= 0.6 is 22.7 Å². The maximum Gasteiger partial charge on any atom is 0.321 e. The van der Waals surface area contributed by atoms with E-state index in [9.17, 15) is 53.1 Å². The van der Waals surface area contributed by atoms with E-state index in [-0.39, 0.29) is 151 Å². The smallest absolute Gasteiger partial charge is 0.321 e. The van der Waals surface area contributed by atoms with Crippen molar-refractivity contribution in [3.8, 4) is 0 Å². The third-order valence-corrected chi connectivity index (χ3v) is 28.5. The molecule has 0 bridgehead atoms. The standard InChI is InChI=1S/C54H82N6O8S.C35H55N5O5S.C18H28N2O4/c1-15-36(6)49(59(12)53(65)41(34(2)3)31-44(61)48(35(4)5)58(11)33-39-23-24-55-40(28-39)30-47(63)68-54(8,9)10)45(66-13)32-46(62)60-26-19-22-43(60)50(67-14)37(7)51(64)57-42(52-56-25-27-69-52)29-38-20-17-16-18-21-38;1-9-23(4)31(39(6)35(43)30(36)22(2)3)28(44-7)21-29(41)40-18-13-16-27(40)32(45-8)24(5)33(42)38-26(34-37-17-19-46-34)20-25-14-11-10-12-15-25;1-12(2)16(17(22)23)20(6)11-13-7-8-19-14(9-13)10-15(21)24-18(3,4)5/h16-18,20-21,23-25,27-28,34-37,41-43,45,48-50H,15,19,22,26,29-33H2,1-14H3,(H,57,64);10-12,14-15,17,19,22-24,26-28,30-32H,9,13,16,18,20-21,36H2,1-8H3,(H,38,42);7-9,12,16H,10-11H2,1-6H3,(H,22,23)/t36-,37+,41-,42-,43-,45+,48-,49-,50+;23-,24+,26-,27-,28+,30-,31-,32+;16-/m000/s1. The molecule has 0 unspecified atom stereocenters. The van der Waals surface area contributed by atoms with Crippen molar-refractivity contribution < 1.29 is 81.5 Å². The van der Waals surface area contributed by atoms with Crippen molar-refractivity contribution in [2.45, 2.75) is 325 Å². The minimum Gasteiger partial charge on any atom is -0.480 e. The zero-order valence-electron chi connectivity index (χ0n) is 88.1. The molecule has 18 atom stereocenters. The number of esters is 2. The number of nitrogens with one attached hydrogen (secondary N) is 2. The van der Waals surface area contributed by atoms with Crippen LogP contribution in [0.3, 0.4) is 0 Å². The highest BCUT2D eigenvalue weighted by molar-refractivity contribution is 7.09. The lowest BCUT2D eigenvalue weighted by atomic mass is 9.83. The van der Waals surface area contributed by atoms with E-state index in [1.54, 1.807) is 89.1 Å². The lowest BCUT2D eigenvalue weighted by Crippen LogP contribution is -2.56. The molecule has 0 aliphatic carbocycles. The summed E-state index contributed by atoms with van der Waals surface area (Å²) in [6, 6.07) is 23.8. The van der Waals surface area contributed by atoms with E-state index >= 15 is 0 Å². The SMILES string of the molecule is CC(C)[C@@H](C(=O)O)N(C)Cc1ccnc(CC(=O)OC(C)(C)C)c1.CC[C@H](C)[C@@H]([C@@H](CC(=O)N1CCC[C@H]1[C@H](OC)[C@@H](C)C(=O)N[C@@H](Cc1ccccc1)c1nccs1)OC)N(C)C(=O)[C@@H](CC(=O)[C@H](C(C)C)N(C)Cc1ccnc(CC(=O)OC(C)(C)C)c1)C(C)C.CC[C@H](C)[C@@H]([C@@H](CC(=O)N1CCC[C@H]1[C@H](OC)[C@@H](C)C(=O)N[C@@H](Cc1ccccc1)c1nccs1)OC)N(C)C(=O)[C@@H](N)C(C)C. The quantitative estimate of drug-likeness (QED) is 0.0258. The molecule has 6 amide bonds. The summed E-state index contributed by atoms with van der Waals surface area (Å²) in [4.78, 5) is 163. The van der Waals surface area contributed by atoms with Crippen LogP contribution in [0.4, 0.5) is 0 Å². The van der Waals surface area contributed by atoms with Gasteiger partial charge in [-0.15, -0.1) is 22.7 Å². The van der Waals surface area contributed by atoms with E-state index in [2.05, 4.69) is 58.3 Å². The first kappa shape index (κ1) is 118. The number of likely N-dealkylation sites (N-methyl/N-ethyl adjacent to an activating group) is 4. The van der Waals surface area contributed by atoms with Crippen LogP contribution in [0.15, 0.2) is 120 Å². The van der Waals surface area contributed by atoms with Crippen LogP contribution in [0.25, 0.3) is 0 Å². The number of nitrogens with two attached hydrogens (primary N) is 1. The van der Waals surface area contributed by atoms with Crippen LogP contribution in [0, 0.1) is 53.3 Å². The van der Waals surface area contributed by atoms with Gasteiger partial charge in [0.25, 0.3) is 0 Å². The number of rotatable bonds is 50. The number of Topliss-reactive ketones (excluding diaryl/α,β-unsaturated/α-hetero) is 1. The Hall–Kier alpha value is -9.38. The molecular weight excluding hydrogens is 1800 g/mol. The number of carbonyl (C=O) groups is 10. The second-order valence-corrected chi connectivity index (χ2v) is 42.9. The third kappa shape index (κ3) is 36.2. The Bertz CT molecular complexity index is 4770. The zero-order chi connectivity index (χ0) is 104. The number of thiazole rings is 2. The Labute approximate surface area is 836 Å². The second kappa shape index (κ2) is 57.1. The number of aromatic nitrogens is 4. The lowest BCUT2D eigenvalue weighted by molar-refractivity contribution is -0.155. The van der Waals surface area contributed by atoms with Gasteiger partial charge in [-0.05, 0) is 176 Å². The summed E-state index contributed by atoms with van der Waals surface area (Å²) in [6.45, 7) is 40.5. The number of amides is 6. The number of carboxylic acid groups (broad SMARTS) is 1.